The van der Waals surface area contributed by atoms with Crippen molar-refractivity contribution < 1.29 is 5.11 Å². The predicted molar refractivity (Wildman–Crippen MR) is 38.1 cm³/mol. The fourth-order valence-electron chi connectivity index (χ4n) is 0.586. The quantitative estimate of drug-likeness (QED) is 0.559. The molecular formula is C5H6N2O2S. The average Bonchev–Trinajstić information content (AvgIpc) is 1.88. The minimum absolute atomic E-state index is 0.231. The highest BCUT2D eigenvalue weighted by molar-refractivity contribution is 7.71. The topological polar surface area (TPSA) is 58.0 Å². The number of nitrogens with zero attached hydrogens (tertiary/aromatic N) is 1. The highest BCUT2D eigenvalue weighted by Crippen LogP contribution is 1.79. The summed E-state index contributed by atoms with van der Waals surface area (Å²) in [5.41, 5.74) is -0.300. The maximum atomic E-state index is 10.8. The van der Waals surface area contributed by atoms with Gasteiger partial charge in [0.15, 0.2) is 4.77 Å². The summed E-state index contributed by atoms with van der Waals surface area (Å²) in [5.74, 6) is 0. The molecule has 0 fully saturated rings. The Kier molecular flexibility index (Phi) is 1.98. The van der Waals surface area contributed by atoms with Crippen molar-refractivity contribution in [1.29, 1.82) is 0 Å². The molecule has 0 spiro atoms. The van der Waals surface area contributed by atoms with Gasteiger partial charge in [-0.25, -0.2) is 0 Å². The largest absolute Gasteiger partial charge is 0.376 e. The second-order valence-electron chi connectivity index (χ2n) is 1.69. The van der Waals surface area contributed by atoms with Gasteiger partial charge in [0.2, 0.25) is 0 Å². The van der Waals surface area contributed by atoms with E-state index in [-0.39, 0.29) is 17.1 Å². The molecule has 5 heteroatoms. The van der Waals surface area contributed by atoms with E-state index in [0.29, 0.717) is 0 Å². The van der Waals surface area contributed by atoms with Gasteiger partial charge in [-0.1, -0.05) is 0 Å². The molecule has 1 rings (SSSR count). The summed E-state index contributed by atoms with van der Waals surface area (Å²) in [6.07, 6.45) is 1.44. The lowest BCUT2D eigenvalue weighted by Crippen LogP contribution is -2.19. The molecule has 0 aliphatic carbocycles. The van der Waals surface area contributed by atoms with Gasteiger partial charge in [0, 0.05) is 12.3 Å². The SMILES string of the molecule is O=c1cc[nH]c(=S)n1CO. The van der Waals surface area contributed by atoms with Gasteiger partial charge in [-0.05, 0) is 12.2 Å². The van der Waals surface area contributed by atoms with Crippen LogP contribution in [0.15, 0.2) is 17.1 Å². The van der Waals surface area contributed by atoms with Gasteiger partial charge < -0.3 is 10.1 Å². The number of aliphatic hydroxyl groups excluding tert-OH is 1. The first-order valence-corrected chi connectivity index (χ1v) is 3.06. The van der Waals surface area contributed by atoms with E-state index in [4.69, 9.17) is 5.11 Å². The van der Waals surface area contributed by atoms with Gasteiger partial charge in [0.1, 0.15) is 6.73 Å². The molecule has 0 aliphatic heterocycles. The first-order valence-electron chi connectivity index (χ1n) is 2.65. The minimum atomic E-state index is -0.380. The van der Waals surface area contributed by atoms with E-state index < -0.39 is 0 Å². The van der Waals surface area contributed by atoms with Crippen LogP contribution in [-0.2, 0) is 6.73 Å². The molecule has 0 aromatic carbocycles. The molecule has 0 saturated carbocycles. The van der Waals surface area contributed by atoms with Gasteiger partial charge in [-0.2, -0.15) is 0 Å². The van der Waals surface area contributed by atoms with Crippen molar-refractivity contribution in [3.63, 3.8) is 0 Å². The molecule has 54 valence electrons. The number of aliphatic hydroxyl groups is 1. The minimum Gasteiger partial charge on any atom is -0.376 e. The third kappa shape index (κ3) is 1.14. The lowest BCUT2D eigenvalue weighted by atomic mass is 10.6. The third-order valence-corrected chi connectivity index (χ3v) is 1.42. The molecule has 0 atom stereocenters. The van der Waals surface area contributed by atoms with Gasteiger partial charge in [-0.15, -0.1) is 0 Å². The number of hydrogen-bond donors (Lipinski definition) is 2. The first kappa shape index (κ1) is 7.17. The van der Waals surface area contributed by atoms with Crippen molar-refractivity contribution in [3.05, 3.63) is 27.4 Å². The number of aromatic amines is 1. The Morgan fingerprint density at radius 2 is 2.50 bits per heavy atom. The summed E-state index contributed by atoms with van der Waals surface area (Å²) in [6.45, 7) is -0.380. The molecule has 0 aliphatic rings. The summed E-state index contributed by atoms with van der Waals surface area (Å²) < 4.78 is 1.28. The molecule has 1 heterocycles. The van der Waals surface area contributed by atoms with Gasteiger partial charge in [0.05, 0.1) is 0 Å². The van der Waals surface area contributed by atoms with Crippen LogP contribution in [0.3, 0.4) is 0 Å². The van der Waals surface area contributed by atoms with Crippen LogP contribution in [0.25, 0.3) is 0 Å². The number of aromatic nitrogens is 2. The van der Waals surface area contributed by atoms with Crippen molar-refractivity contribution in [2.24, 2.45) is 0 Å². The van der Waals surface area contributed by atoms with E-state index in [2.05, 4.69) is 17.2 Å². The zero-order chi connectivity index (χ0) is 7.56. The van der Waals surface area contributed by atoms with E-state index in [1.807, 2.05) is 0 Å². The van der Waals surface area contributed by atoms with E-state index in [0.717, 1.165) is 4.57 Å². The second kappa shape index (κ2) is 2.76. The molecule has 1 aromatic rings. The Morgan fingerprint density at radius 1 is 1.80 bits per heavy atom. The van der Waals surface area contributed by atoms with Gasteiger partial charge >= 0.3 is 0 Å². The molecule has 0 amide bonds. The third-order valence-electron chi connectivity index (χ3n) is 1.09. The Bertz CT molecular complexity index is 299. The number of hydrogen-bond acceptors (Lipinski definition) is 3. The number of rotatable bonds is 1. The van der Waals surface area contributed by atoms with E-state index in [9.17, 15) is 4.79 Å². The maximum Gasteiger partial charge on any atom is 0.256 e. The Morgan fingerprint density at radius 3 is 2.90 bits per heavy atom. The molecule has 4 nitrogen and oxygen atoms in total. The fourth-order valence-corrected chi connectivity index (χ4v) is 0.802. The number of H-pyrrole nitrogens is 1. The second-order valence-corrected chi connectivity index (χ2v) is 2.08. The van der Waals surface area contributed by atoms with Crippen LogP contribution in [0.2, 0.25) is 0 Å². The molecule has 2 N–H and O–H groups in total. The van der Waals surface area contributed by atoms with Crippen LogP contribution < -0.4 is 5.56 Å². The lowest BCUT2D eigenvalue weighted by molar-refractivity contribution is 0.202. The van der Waals surface area contributed by atoms with Crippen LogP contribution in [0.4, 0.5) is 0 Å². The molecule has 0 radical (unpaired) electrons. The zero-order valence-electron chi connectivity index (χ0n) is 5.07. The normalized spacial score (nSPS) is 9.70. The van der Waals surface area contributed by atoms with E-state index >= 15 is 0 Å². The van der Waals surface area contributed by atoms with Crippen molar-refractivity contribution in [2.75, 3.05) is 0 Å². The molecule has 0 unspecified atom stereocenters. The highest BCUT2D eigenvalue weighted by atomic mass is 32.1. The smallest absolute Gasteiger partial charge is 0.256 e. The van der Waals surface area contributed by atoms with Crippen molar-refractivity contribution in [1.82, 2.24) is 9.55 Å². The van der Waals surface area contributed by atoms with Crippen molar-refractivity contribution in [3.8, 4) is 0 Å². The average molecular weight is 158 g/mol. The molecule has 1 aromatic heterocycles. The van der Waals surface area contributed by atoms with Crippen LogP contribution in [0, 0.1) is 4.77 Å². The highest BCUT2D eigenvalue weighted by Gasteiger charge is 1.91. The van der Waals surface area contributed by atoms with E-state index in [1.165, 1.54) is 12.3 Å². The lowest BCUT2D eigenvalue weighted by Gasteiger charge is -1.97. The summed E-state index contributed by atoms with van der Waals surface area (Å²) in [5, 5.41) is 8.58. The summed E-state index contributed by atoms with van der Waals surface area (Å²) in [7, 11) is 0. The van der Waals surface area contributed by atoms with Crippen LogP contribution in [0.1, 0.15) is 0 Å². The molecular weight excluding hydrogens is 152 g/mol. The van der Waals surface area contributed by atoms with Gasteiger partial charge in [-0.3, -0.25) is 9.36 Å². The van der Waals surface area contributed by atoms with Crippen LogP contribution >= 0.6 is 12.2 Å². The molecule has 0 saturated heterocycles. The Balaban J connectivity index is 3.46. The maximum absolute atomic E-state index is 10.8. The monoisotopic (exact) mass is 158 g/mol. The standard InChI is InChI=1S/C5H6N2O2S/c8-3-7-4(9)1-2-6-5(7)10/h1-2,8H,3H2,(H,6,10). The summed E-state index contributed by atoms with van der Waals surface area (Å²) in [4.78, 5) is 13.4. The van der Waals surface area contributed by atoms with Crippen molar-refractivity contribution >= 4 is 12.2 Å². The van der Waals surface area contributed by atoms with Crippen LogP contribution in [0.5, 0.6) is 0 Å². The summed E-state index contributed by atoms with van der Waals surface area (Å²) in [6, 6.07) is 1.30. The predicted octanol–water partition coefficient (Wildman–Crippen LogP) is -0.144. The fraction of sp³-hybridized carbons (Fsp3) is 0.200. The Labute approximate surface area is 61.8 Å². The van der Waals surface area contributed by atoms with Crippen molar-refractivity contribution in [2.45, 2.75) is 6.73 Å². The Hall–Kier alpha value is -0.940. The van der Waals surface area contributed by atoms with Crippen LogP contribution in [-0.4, -0.2) is 14.7 Å². The molecule has 10 heavy (non-hydrogen) atoms. The van der Waals surface area contributed by atoms with Gasteiger partial charge in [0.25, 0.3) is 5.56 Å². The summed E-state index contributed by atoms with van der Waals surface area (Å²) >= 11 is 4.69. The first-order chi connectivity index (χ1) is 4.75. The van der Waals surface area contributed by atoms with E-state index in [1.54, 1.807) is 0 Å². The zero-order valence-corrected chi connectivity index (χ0v) is 5.89. The molecule has 0 bridgehead atoms. The number of nitrogens with one attached hydrogen (secondary N) is 1.